The van der Waals surface area contributed by atoms with Crippen molar-refractivity contribution < 1.29 is 5.02 Å². The molecule has 0 unspecified atom stereocenters. The monoisotopic (exact) mass is 150 g/mol. The highest BCUT2D eigenvalue weighted by molar-refractivity contribution is 6.65. The molecule has 0 aliphatic rings. The zero-order chi connectivity index (χ0) is 7.56. The lowest BCUT2D eigenvalue weighted by Gasteiger charge is -2.03. The van der Waals surface area contributed by atoms with Crippen LogP contribution < -0.4 is 5.46 Å². The summed E-state index contributed by atoms with van der Waals surface area (Å²) in [5.41, 5.74) is 2.17. The maximum absolute atomic E-state index is 9.20. The predicted octanol–water partition coefficient (Wildman–Crippen LogP) is 1.45. The Kier molecular flexibility index (Phi) is 3.90. The normalized spacial score (nSPS) is 8.64. The van der Waals surface area contributed by atoms with Crippen molar-refractivity contribution in [2.24, 2.45) is 0 Å². The van der Waals surface area contributed by atoms with Gasteiger partial charge in [-0.3, -0.25) is 0 Å². The maximum atomic E-state index is 9.20. The number of hydrogen-bond acceptors (Lipinski definition) is 1. The molecule has 0 radical (unpaired) electrons. The average Bonchev–Trinajstić information content (AvgIpc) is 1.88. The van der Waals surface area contributed by atoms with Crippen LogP contribution in [0.5, 0.6) is 0 Å². The van der Waals surface area contributed by atoms with Gasteiger partial charge >= 0.3 is 6.92 Å². The standard InChI is InChI=1S/C8H11BO.CH4/c1-7-5-3-4-6-8(7)9(2)10;/h3-6,10H,1-2H3;1H4. The van der Waals surface area contributed by atoms with E-state index in [1.165, 1.54) is 0 Å². The Bertz CT molecular complexity index is 221. The van der Waals surface area contributed by atoms with Crippen molar-refractivity contribution in [3.8, 4) is 0 Å². The molecule has 0 amide bonds. The summed E-state index contributed by atoms with van der Waals surface area (Å²) in [5.74, 6) is 0. The molecule has 0 aromatic heterocycles. The van der Waals surface area contributed by atoms with Crippen LogP contribution in [0.4, 0.5) is 0 Å². The smallest absolute Gasteiger partial charge is 0.320 e. The average molecular weight is 150 g/mol. The lowest BCUT2D eigenvalue weighted by Crippen LogP contribution is -2.28. The summed E-state index contributed by atoms with van der Waals surface area (Å²) in [4.78, 5) is 0. The Balaban J connectivity index is 0.000001000. The molecule has 60 valence electrons. The fourth-order valence-electron chi connectivity index (χ4n) is 1.06. The Morgan fingerprint density at radius 3 is 2.18 bits per heavy atom. The number of aryl methyl sites for hydroxylation is 1. The van der Waals surface area contributed by atoms with Crippen LogP contribution in [0.2, 0.25) is 6.82 Å². The van der Waals surface area contributed by atoms with Crippen molar-refractivity contribution >= 4 is 12.4 Å². The first-order valence-electron chi connectivity index (χ1n) is 3.45. The molecule has 0 spiro atoms. The fourth-order valence-corrected chi connectivity index (χ4v) is 1.06. The molecule has 0 aliphatic carbocycles. The summed E-state index contributed by atoms with van der Waals surface area (Å²) in [5, 5.41) is 9.20. The SMILES string of the molecule is C.CB(O)c1ccccc1C. The molecule has 1 aromatic rings. The number of rotatable bonds is 1. The maximum Gasteiger partial charge on any atom is 0.320 e. The van der Waals surface area contributed by atoms with Crippen molar-refractivity contribution in [3.05, 3.63) is 29.8 Å². The molecule has 0 bridgehead atoms. The Morgan fingerprint density at radius 2 is 1.82 bits per heavy atom. The van der Waals surface area contributed by atoms with Crippen LogP contribution in [0.1, 0.15) is 13.0 Å². The highest BCUT2D eigenvalue weighted by Gasteiger charge is 2.06. The van der Waals surface area contributed by atoms with Gasteiger partial charge < -0.3 is 5.02 Å². The summed E-state index contributed by atoms with van der Waals surface area (Å²) in [7, 11) is 0. The Hall–Kier alpha value is -0.755. The Morgan fingerprint density at radius 1 is 1.27 bits per heavy atom. The minimum Gasteiger partial charge on any atom is -0.446 e. The molecule has 1 aromatic carbocycles. The van der Waals surface area contributed by atoms with Gasteiger partial charge in [0.15, 0.2) is 0 Å². The fraction of sp³-hybridized carbons (Fsp3) is 0.333. The first-order chi connectivity index (χ1) is 4.72. The van der Waals surface area contributed by atoms with E-state index in [2.05, 4.69) is 0 Å². The Labute approximate surface area is 69.2 Å². The van der Waals surface area contributed by atoms with Crippen LogP contribution in [0.25, 0.3) is 0 Å². The summed E-state index contributed by atoms with van der Waals surface area (Å²) in [6, 6.07) is 7.86. The largest absolute Gasteiger partial charge is 0.446 e. The summed E-state index contributed by atoms with van der Waals surface area (Å²) in [6.45, 7) is 3.44. The van der Waals surface area contributed by atoms with E-state index in [0.717, 1.165) is 11.0 Å². The topological polar surface area (TPSA) is 20.2 Å². The second-order valence-electron chi connectivity index (χ2n) is 2.53. The van der Waals surface area contributed by atoms with Crippen LogP contribution >= 0.6 is 0 Å². The van der Waals surface area contributed by atoms with Crippen LogP contribution in [0.3, 0.4) is 0 Å². The van der Waals surface area contributed by atoms with E-state index in [-0.39, 0.29) is 14.3 Å². The summed E-state index contributed by atoms with van der Waals surface area (Å²) < 4.78 is 0. The van der Waals surface area contributed by atoms with Gasteiger partial charge in [-0.2, -0.15) is 0 Å². The molecule has 11 heavy (non-hydrogen) atoms. The molecule has 1 N–H and O–H groups in total. The molecule has 0 saturated heterocycles. The van der Waals surface area contributed by atoms with Crippen molar-refractivity contribution in [1.29, 1.82) is 0 Å². The van der Waals surface area contributed by atoms with Gasteiger partial charge in [-0.25, -0.2) is 0 Å². The van der Waals surface area contributed by atoms with Crippen LogP contribution in [0.15, 0.2) is 24.3 Å². The molecule has 0 heterocycles. The summed E-state index contributed by atoms with van der Waals surface area (Å²) in [6.07, 6.45) is 0. The zero-order valence-corrected chi connectivity index (χ0v) is 6.33. The van der Waals surface area contributed by atoms with Gasteiger partial charge in [-0.05, 0) is 12.4 Å². The molecule has 1 rings (SSSR count). The van der Waals surface area contributed by atoms with E-state index in [1.807, 2.05) is 31.2 Å². The lowest BCUT2D eigenvalue weighted by atomic mass is 9.63. The van der Waals surface area contributed by atoms with E-state index in [0.29, 0.717) is 0 Å². The highest BCUT2D eigenvalue weighted by Crippen LogP contribution is 1.93. The summed E-state index contributed by atoms with van der Waals surface area (Å²) >= 11 is 0. The second-order valence-corrected chi connectivity index (χ2v) is 2.53. The predicted molar refractivity (Wildman–Crippen MR) is 51.4 cm³/mol. The van der Waals surface area contributed by atoms with Gasteiger partial charge in [0, 0.05) is 0 Å². The van der Waals surface area contributed by atoms with E-state index < -0.39 is 0 Å². The van der Waals surface area contributed by atoms with Crippen LogP contribution in [0, 0.1) is 6.92 Å². The zero-order valence-electron chi connectivity index (χ0n) is 6.33. The van der Waals surface area contributed by atoms with Gasteiger partial charge in [-0.15, -0.1) is 0 Å². The molecule has 0 aliphatic heterocycles. The molecular formula is C9H15BO. The van der Waals surface area contributed by atoms with Crippen molar-refractivity contribution in [2.75, 3.05) is 0 Å². The first-order valence-corrected chi connectivity index (χ1v) is 3.45. The molecule has 0 saturated carbocycles. The van der Waals surface area contributed by atoms with E-state index in [9.17, 15) is 5.02 Å². The van der Waals surface area contributed by atoms with Crippen molar-refractivity contribution in [3.63, 3.8) is 0 Å². The van der Waals surface area contributed by atoms with Crippen LogP contribution in [-0.4, -0.2) is 11.9 Å². The van der Waals surface area contributed by atoms with Gasteiger partial charge in [-0.1, -0.05) is 44.1 Å². The van der Waals surface area contributed by atoms with Gasteiger partial charge in [0.1, 0.15) is 0 Å². The number of benzene rings is 1. The van der Waals surface area contributed by atoms with Gasteiger partial charge in [0.05, 0.1) is 0 Å². The van der Waals surface area contributed by atoms with E-state index in [1.54, 1.807) is 6.82 Å². The van der Waals surface area contributed by atoms with Crippen molar-refractivity contribution in [2.45, 2.75) is 21.2 Å². The quantitative estimate of drug-likeness (QED) is 0.600. The molecule has 0 fully saturated rings. The highest BCUT2D eigenvalue weighted by atomic mass is 16.2. The molecule has 2 heteroatoms. The third kappa shape index (κ3) is 2.39. The second kappa shape index (κ2) is 4.19. The van der Waals surface area contributed by atoms with Gasteiger partial charge in [0.2, 0.25) is 0 Å². The van der Waals surface area contributed by atoms with Crippen molar-refractivity contribution in [1.82, 2.24) is 0 Å². The minimum atomic E-state index is -0.346. The first kappa shape index (κ1) is 10.2. The minimum absolute atomic E-state index is 0. The molecule has 0 atom stereocenters. The third-order valence-electron chi connectivity index (χ3n) is 1.64. The third-order valence-corrected chi connectivity index (χ3v) is 1.64. The lowest BCUT2D eigenvalue weighted by molar-refractivity contribution is 0.593. The molecule has 1 nitrogen and oxygen atoms in total. The van der Waals surface area contributed by atoms with E-state index in [4.69, 9.17) is 0 Å². The van der Waals surface area contributed by atoms with Gasteiger partial charge in [0.25, 0.3) is 0 Å². The van der Waals surface area contributed by atoms with E-state index >= 15 is 0 Å². The number of hydrogen-bond donors (Lipinski definition) is 1. The van der Waals surface area contributed by atoms with Crippen LogP contribution in [-0.2, 0) is 0 Å². The molecular weight excluding hydrogens is 135 g/mol.